The van der Waals surface area contributed by atoms with Gasteiger partial charge in [0.05, 0.1) is 12.1 Å². The number of carbonyl (C=O) groups excluding carboxylic acids is 1. The van der Waals surface area contributed by atoms with Crippen molar-refractivity contribution in [1.29, 1.82) is 0 Å². The number of hydrogen-bond acceptors (Lipinski definition) is 4. The highest BCUT2D eigenvalue weighted by Gasteiger charge is 2.14. The SMILES string of the molecule is CC(O)CCN(C)C(=O)NC(C)c1ccc(-c2cncnc2)cc1. The number of carbonyl (C=O) groups is 1. The molecule has 1 aromatic carbocycles. The minimum absolute atomic E-state index is 0.104. The van der Waals surface area contributed by atoms with Crippen LogP contribution in [0.4, 0.5) is 4.79 Å². The maximum Gasteiger partial charge on any atom is 0.317 e. The Balaban J connectivity index is 1.95. The van der Waals surface area contributed by atoms with Crippen LogP contribution in [0.3, 0.4) is 0 Å². The van der Waals surface area contributed by atoms with E-state index in [1.807, 2.05) is 31.2 Å². The van der Waals surface area contributed by atoms with Gasteiger partial charge in [-0.3, -0.25) is 0 Å². The van der Waals surface area contributed by atoms with Gasteiger partial charge in [0.25, 0.3) is 0 Å². The lowest BCUT2D eigenvalue weighted by atomic mass is 10.0. The van der Waals surface area contributed by atoms with Crippen LogP contribution in [-0.2, 0) is 0 Å². The summed E-state index contributed by atoms with van der Waals surface area (Å²) in [7, 11) is 1.73. The van der Waals surface area contributed by atoms with Crippen LogP contribution in [0.25, 0.3) is 11.1 Å². The Morgan fingerprint density at radius 2 is 1.79 bits per heavy atom. The second-order valence-electron chi connectivity index (χ2n) is 5.98. The third-order valence-corrected chi connectivity index (χ3v) is 3.87. The van der Waals surface area contributed by atoms with E-state index in [0.29, 0.717) is 13.0 Å². The predicted molar refractivity (Wildman–Crippen MR) is 93.3 cm³/mol. The van der Waals surface area contributed by atoms with Crippen molar-refractivity contribution in [1.82, 2.24) is 20.2 Å². The third kappa shape index (κ3) is 5.03. The van der Waals surface area contributed by atoms with E-state index in [-0.39, 0.29) is 12.1 Å². The summed E-state index contributed by atoms with van der Waals surface area (Å²) >= 11 is 0. The van der Waals surface area contributed by atoms with Crippen LogP contribution in [0.2, 0.25) is 0 Å². The molecule has 0 aliphatic heterocycles. The van der Waals surface area contributed by atoms with E-state index in [2.05, 4.69) is 15.3 Å². The summed E-state index contributed by atoms with van der Waals surface area (Å²) in [6.45, 7) is 4.18. The van der Waals surface area contributed by atoms with Gasteiger partial charge in [0.2, 0.25) is 0 Å². The Morgan fingerprint density at radius 1 is 1.17 bits per heavy atom. The second-order valence-corrected chi connectivity index (χ2v) is 5.98. The molecular formula is C18H24N4O2. The van der Waals surface area contributed by atoms with E-state index in [1.165, 1.54) is 6.33 Å². The molecule has 0 fully saturated rings. The number of aliphatic hydroxyl groups is 1. The topological polar surface area (TPSA) is 78.4 Å². The van der Waals surface area contributed by atoms with Gasteiger partial charge in [0.1, 0.15) is 6.33 Å². The first-order valence-corrected chi connectivity index (χ1v) is 8.02. The highest BCUT2D eigenvalue weighted by atomic mass is 16.3. The van der Waals surface area contributed by atoms with Crippen molar-refractivity contribution < 1.29 is 9.90 Å². The van der Waals surface area contributed by atoms with Crippen LogP contribution in [0.5, 0.6) is 0 Å². The van der Waals surface area contributed by atoms with Crippen LogP contribution < -0.4 is 5.32 Å². The van der Waals surface area contributed by atoms with Crippen molar-refractivity contribution in [2.24, 2.45) is 0 Å². The zero-order valence-corrected chi connectivity index (χ0v) is 14.3. The van der Waals surface area contributed by atoms with Crippen LogP contribution in [0.1, 0.15) is 31.9 Å². The van der Waals surface area contributed by atoms with Gasteiger partial charge in [0, 0.05) is 31.5 Å². The highest BCUT2D eigenvalue weighted by Crippen LogP contribution is 2.20. The molecule has 0 bridgehead atoms. The molecule has 0 saturated carbocycles. The summed E-state index contributed by atoms with van der Waals surface area (Å²) < 4.78 is 0. The first-order valence-electron chi connectivity index (χ1n) is 8.02. The minimum atomic E-state index is -0.410. The lowest BCUT2D eigenvalue weighted by Crippen LogP contribution is -2.39. The molecule has 0 aliphatic rings. The van der Waals surface area contributed by atoms with Gasteiger partial charge in [-0.15, -0.1) is 0 Å². The first-order chi connectivity index (χ1) is 11.5. The highest BCUT2D eigenvalue weighted by molar-refractivity contribution is 5.74. The van der Waals surface area contributed by atoms with E-state index < -0.39 is 6.10 Å². The van der Waals surface area contributed by atoms with Gasteiger partial charge in [0.15, 0.2) is 0 Å². The fraction of sp³-hybridized carbons (Fsp3) is 0.389. The molecule has 2 N–H and O–H groups in total. The molecule has 2 aromatic rings. The number of nitrogens with zero attached hydrogens (tertiary/aromatic N) is 3. The summed E-state index contributed by atoms with van der Waals surface area (Å²) in [5, 5.41) is 12.3. The lowest BCUT2D eigenvalue weighted by Gasteiger charge is -2.22. The smallest absolute Gasteiger partial charge is 0.317 e. The van der Waals surface area contributed by atoms with Crippen molar-refractivity contribution in [3.8, 4) is 11.1 Å². The van der Waals surface area contributed by atoms with Crippen LogP contribution in [0.15, 0.2) is 43.0 Å². The summed E-state index contributed by atoms with van der Waals surface area (Å²) in [4.78, 5) is 21.8. The summed E-state index contributed by atoms with van der Waals surface area (Å²) in [5.41, 5.74) is 3.01. The molecule has 0 spiro atoms. The molecule has 2 unspecified atom stereocenters. The van der Waals surface area contributed by atoms with Crippen LogP contribution >= 0.6 is 0 Å². The average Bonchev–Trinajstić information content (AvgIpc) is 2.60. The minimum Gasteiger partial charge on any atom is -0.393 e. The van der Waals surface area contributed by atoms with Crippen molar-refractivity contribution in [3.63, 3.8) is 0 Å². The van der Waals surface area contributed by atoms with Gasteiger partial charge in [-0.1, -0.05) is 24.3 Å². The Labute approximate surface area is 142 Å². The Morgan fingerprint density at radius 3 is 2.38 bits per heavy atom. The summed E-state index contributed by atoms with van der Waals surface area (Å²) in [6, 6.07) is 7.71. The number of aliphatic hydroxyl groups excluding tert-OH is 1. The summed E-state index contributed by atoms with van der Waals surface area (Å²) in [5.74, 6) is 0. The zero-order valence-electron chi connectivity index (χ0n) is 14.3. The molecule has 2 amide bonds. The monoisotopic (exact) mass is 328 g/mol. The summed E-state index contributed by atoms with van der Waals surface area (Å²) in [6.07, 6.45) is 5.19. The Kier molecular flexibility index (Phi) is 6.26. The third-order valence-electron chi connectivity index (χ3n) is 3.87. The van der Waals surface area contributed by atoms with Crippen LogP contribution in [0, 0.1) is 0 Å². The van der Waals surface area contributed by atoms with Gasteiger partial charge < -0.3 is 15.3 Å². The number of hydrogen-bond donors (Lipinski definition) is 2. The molecular weight excluding hydrogens is 304 g/mol. The van der Waals surface area contributed by atoms with E-state index >= 15 is 0 Å². The standard InChI is InChI=1S/C18H24N4O2/c1-13(23)8-9-22(3)18(24)21-14(2)15-4-6-16(7-5-15)17-10-19-12-20-11-17/h4-7,10-14,23H,8-9H2,1-3H3,(H,21,24). The van der Waals surface area contributed by atoms with Gasteiger partial charge >= 0.3 is 6.03 Å². The molecule has 0 saturated heterocycles. The molecule has 1 aromatic heterocycles. The van der Waals surface area contributed by atoms with Crippen molar-refractivity contribution in [2.45, 2.75) is 32.4 Å². The molecule has 0 aliphatic carbocycles. The Hall–Kier alpha value is -2.47. The van der Waals surface area contributed by atoms with E-state index in [1.54, 1.807) is 31.3 Å². The number of nitrogens with one attached hydrogen (secondary N) is 1. The molecule has 1 heterocycles. The van der Waals surface area contributed by atoms with Crippen molar-refractivity contribution in [2.75, 3.05) is 13.6 Å². The number of benzene rings is 1. The lowest BCUT2D eigenvalue weighted by molar-refractivity contribution is 0.162. The normalized spacial score (nSPS) is 13.2. The van der Waals surface area contributed by atoms with Gasteiger partial charge in [-0.2, -0.15) is 0 Å². The molecule has 2 atom stereocenters. The largest absolute Gasteiger partial charge is 0.393 e. The van der Waals surface area contributed by atoms with Gasteiger partial charge in [-0.05, 0) is 31.4 Å². The maximum absolute atomic E-state index is 12.1. The predicted octanol–water partition coefficient (Wildman–Crippen LogP) is 2.62. The fourth-order valence-electron chi connectivity index (χ4n) is 2.27. The maximum atomic E-state index is 12.1. The number of aromatic nitrogens is 2. The molecule has 6 heteroatoms. The second kappa shape index (κ2) is 8.40. The van der Waals surface area contributed by atoms with E-state index in [9.17, 15) is 9.90 Å². The Bertz CT molecular complexity index is 644. The molecule has 2 rings (SSSR count). The fourth-order valence-corrected chi connectivity index (χ4v) is 2.27. The quantitative estimate of drug-likeness (QED) is 0.854. The van der Waals surface area contributed by atoms with Crippen molar-refractivity contribution in [3.05, 3.63) is 48.5 Å². The zero-order chi connectivity index (χ0) is 17.5. The number of amides is 2. The van der Waals surface area contributed by atoms with Crippen LogP contribution in [-0.4, -0.2) is 45.7 Å². The molecule has 24 heavy (non-hydrogen) atoms. The number of urea groups is 1. The van der Waals surface area contributed by atoms with Gasteiger partial charge in [-0.25, -0.2) is 14.8 Å². The van der Waals surface area contributed by atoms with Crippen molar-refractivity contribution >= 4 is 6.03 Å². The molecule has 128 valence electrons. The number of rotatable bonds is 6. The average molecular weight is 328 g/mol. The first kappa shape index (κ1) is 17.9. The van der Waals surface area contributed by atoms with E-state index in [4.69, 9.17) is 0 Å². The molecule has 6 nitrogen and oxygen atoms in total. The van der Waals surface area contributed by atoms with E-state index in [0.717, 1.165) is 16.7 Å². The molecule has 0 radical (unpaired) electrons.